The Morgan fingerprint density at radius 3 is 2.72 bits per heavy atom. The minimum absolute atomic E-state index is 0.547. The van der Waals surface area contributed by atoms with Gasteiger partial charge in [0, 0.05) is 10.4 Å². The molecule has 1 unspecified atom stereocenters. The quantitative estimate of drug-likeness (QED) is 0.604. The predicted molar refractivity (Wildman–Crippen MR) is 84.7 cm³/mol. The molecule has 0 saturated carbocycles. The molecule has 0 aliphatic heterocycles. The first-order chi connectivity index (χ1) is 8.79. The third-order valence-corrected chi connectivity index (χ3v) is 5.05. The van der Waals surface area contributed by atoms with Gasteiger partial charge in [-0.1, -0.05) is 34.1 Å². The minimum atomic E-state index is 0.547. The number of hydrogen-bond acceptors (Lipinski definition) is 1. The van der Waals surface area contributed by atoms with E-state index in [0.29, 0.717) is 5.92 Å². The standard InChI is InChI=1S/C15H16BrClS/c16-15-4-2-1-3-14(15)9-13(10-17)6-5-12-7-8-18-11-12/h1-4,7-8,11,13H,5-6,9-10H2. The molecule has 0 radical (unpaired) electrons. The van der Waals surface area contributed by atoms with E-state index in [2.05, 4.69) is 57.0 Å². The van der Waals surface area contributed by atoms with Gasteiger partial charge >= 0.3 is 0 Å². The van der Waals surface area contributed by atoms with Crippen molar-refractivity contribution in [3.63, 3.8) is 0 Å². The molecular weight excluding hydrogens is 328 g/mol. The van der Waals surface area contributed by atoms with Crippen LogP contribution in [0, 0.1) is 5.92 Å². The highest BCUT2D eigenvalue weighted by Crippen LogP contribution is 2.23. The topological polar surface area (TPSA) is 0 Å². The number of alkyl halides is 1. The second-order valence-electron chi connectivity index (χ2n) is 4.49. The first-order valence-electron chi connectivity index (χ1n) is 6.10. The van der Waals surface area contributed by atoms with Gasteiger partial charge in [0.05, 0.1) is 0 Å². The average Bonchev–Trinajstić information content (AvgIpc) is 2.90. The summed E-state index contributed by atoms with van der Waals surface area (Å²) in [4.78, 5) is 0. The van der Waals surface area contributed by atoms with Gasteiger partial charge in [0.15, 0.2) is 0 Å². The summed E-state index contributed by atoms with van der Waals surface area (Å²) in [6.45, 7) is 0. The zero-order valence-corrected chi connectivity index (χ0v) is 13.3. The van der Waals surface area contributed by atoms with Crippen LogP contribution in [0.15, 0.2) is 45.6 Å². The molecule has 1 heterocycles. The molecule has 3 heteroatoms. The van der Waals surface area contributed by atoms with E-state index in [1.165, 1.54) is 15.6 Å². The summed E-state index contributed by atoms with van der Waals surface area (Å²) in [7, 11) is 0. The second kappa shape index (κ2) is 7.32. The van der Waals surface area contributed by atoms with Crippen LogP contribution in [-0.2, 0) is 12.8 Å². The van der Waals surface area contributed by atoms with Gasteiger partial charge in [-0.15, -0.1) is 11.6 Å². The molecule has 1 atom stereocenters. The van der Waals surface area contributed by atoms with Crippen molar-refractivity contribution in [2.24, 2.45) is 5.92 Å². The molecule has 0 N–H and O–H groups in total. The van der Waals surface area contributed by atoms with Crippen LogP contribution in [0.3, 0.4) is 0 Å². The van der Waals surface area contributed by atoms with Crippen molar-refractivity contribution in [3.8, 4) is 0 Å². The highest BCUT2D eigenvalue weighted by atomic mass is 79.9. The summed E-state index contributed by atoms with van der Waals surface area (Å²) >= 11 is 11.5. The Labute approximate surface area is 126 Å². The van der Waals surface area contributed by atoms with E-state index in [4.69, 9.17) is 11.6 Å². The fourth-order valence-electron chi connectivity index (χ4n) is 2.01. The van der Waals surface area contributed by atoms with E-state index in [1.54, 1.807) is 11.3 Å². The van der Waals surface area contributed by atoms with Gasteiger partial charge in [0.2, 0.25) is 0 Å². The van der Waals surface area contributed by atoms with E-state index in [9.17, 15) is 0 Å². The van der Waals surface area contributed by atoms with Crippen LogP contribution in [0.4, 0.5) is 0 Å². The molecule has 1 aromatic heterocycles. The summed E-state index contributed by atoms with van der Waals surface area (Å²) in [5.41, 5.74) is 2.79. The summed E-state index contributed by atoms with van der Waals surface area (Å²) in [5.74, 6) is 1.27. The highest BCUT2D eigenvalue weighted by Gasteiger charge is 2.10. The summed E-state index contributed by atoms with van der Waals surface area (Å²) in [5, 5.41) is 4.36. The van der Waals surface area contributed by atoms with Crippen LogP contribution in [0.2, 0.25) is 0 Å². The Hall–Kier alpha value is -0.310. The Balaban J connectivity index is 1.91. The molecule has 1 aromatic carbocycles. The maximum atomic E-state index is 6.10. The molecule has 0 amide bonds. The zero-order chi connectivity index (χ0) is 12.8. The lowest BCUT2D eigenvalue weighted by Crippen LogP contribution is -2.08. The SMILES string of the molecule is ClCC(CCc1ccsc1)Cc1ccccc1Br. The molecule has 0 bridgehead atoms. The number of benzene rings is 1. The summed E-state index contributed by atoms with van der Waals surface area (Å²) in [6.07, 6.45) is 3.34. The van der Waals surface area contributed by atoms with Crippen molar-refractivity contribution in [3.05, 3.63) is 56.7 Å². The fourth-order valence-corrected chi connectivity index (χ4v) is 3.43. The Morgan fingerprint density at radius 1 is 1.22 bits per heavy atom. The van der Waals surface area contributed by atoms with E-state index < -0.39 is 0 Å². The van der Waals surface area contributed by atoms with Crippen LogP contribution < -0.4 is 0 Å². The van der Waals surface area contributed by atoms with Gasteiger partial charge in [0.25, 0.3) is 0 Å². The fraction of sp³-hybridized carbons (Fsp3) is 0.333. The number of hydrogen-bond donors (Lipinski definition) is 0. The molecule has 2 aromatic rings. The van der Waals surface area contributed by atoms with Gasteiger partial charge < -0.3 is 0 Å². The van der Waals surface area contributed by atoms with Crippen molar-refractivity contribution in [1.29, 1.82) is 0 Å². The van der Waals surface area contributed by atoms with Crippen molar-refractivity contribution >= 4 is 38.9 Å². The third-order valence-electron chi connectivity index (χ3n) is 3.11. The molecule has 0 aliphatic carbocycles. The predicted octanol–water partition coefficient (Wildman–Crippen LogP) is 5.54. The van der Waals surface area contributed by atoms with E-state index in [0.717, 1.165) is 25.1 Å². The molecule has 0 aliphatic rings. The lowest BCUT2D eigenvalue weighted by atomic mass is 9.95. The van der Waals surface area contributed by atoms with Gasteiger partial charge in [-0.2, -0.15) is 11.3 Å². The van der Waals surface area contributed by atoms with E-state index >= 15 is 0 Å². The minimum Gasteiger partial charge on any atom is -0.152 e. The monoisotopic (exact) mass is 342 g/mol. The van der Waals surface area contributed by atoms with Crippen molar-refractivity contribution in [2.75, 3.05) is 5.88 Å². The van der Waals surface area contributed by atoms with E-state index in [1.807, 2.05) is 0 Å². The Kier molecular flexibility index (Phi) is 5.74. The van der Waals surface area contributed by atoms with Crippen LogP contribution in [0.25, 0.3) is 0 Å². The first-order valence-corrected chi connectivity index (χ1v) is 8.37. The maximum Gasteiger partial charge on any atom is 0.0255 e. The van der Waals surface area contributed by atoms with Gasteiger partial charge in [0.1, 0.15) is 0 Å². The Bertz CT molecular complexity index is 467. The maximum absolute atomic E-state index is 6.10. The number of rotatable bonds is 6. The molecule has 96 valence electrons. The average molecular weight is 344 g/mol. The van der Waals surface area contributed by atoms with Crippen molar-refractivity contribution in [1.82, 2.24) is 0 Å². The smallest absolute Gasteiger partial charge is 0.0255 e. The van der Waals surface area contributed by atoms with Crippen LogP contribution in [-0.4, -0.2) is 5.88 Å². The van der Waals surface area contributed by atoms with Crippen LogP contribution >= 0.6 is 38.9 Å². The molecule has 0 saturated heterocycles. The largest absolute Gasteiger partial charge is 0.152 e. The van der Waals surface area contributed by atoms with Gasteiger partial charge in [-0.05, 0) is 59.2 Å². The van der Waals surface area contributed by atoms with Gasteiger partial charge in [-0.3, -0.25) is 0 Å². The molecule has 0 nitrogen and oxygen atoms in total. The van der Waals surface area contributed by atoms with Gasteiger partial charge in [-0.25, -0.2) is 0 Å². The molecule has 0 fully saturated rings. The number of thiophene rings is 1. The highest BCUT2D eigenvalue weighted by molar-refractivity contribution is 9.10. The third kappa shape index (κ3) is 4.11. The lowest BCUT2D eigenvalue weighted by molar-refractivity contribution is 0.536. The lowest BCUT2D eigenvalue weighted by Gasteiger charge is -2.14. The normalized spacial score (nSPS) is 12.6. The number of aryl methyl sites for hydroxylation is 1. The zero-order valence-electron chi connectivity index (χ0n) is 10.1. The second-order valence-corrected chi connectivity index (χ2v) is 6.43. The molecule has 2 rings (SSSR count). The van der Waals surface area contributed by atoms with Crippen LogP contribution in [0.5, 0.6) is 0 Å². The van der Waals surface area contributed by atoms with Crippen LogP contribution in [0.1, 0.15) is 17.5 Å². The first kappa shape index (κ1) is 14.1. The van der Waals surface area contributed by atoms with Crippen molar-refractivity contribution < 1.29 is 0 Å². The van der Waals surface area contributed by atoms with Crippen molar-refractivity contribution in [2.45, 2.75) is 19.3 Å². The number of halogens is 2. The Morgan fingerprint density at radius 2 is 2.06 bits per heavy atom. The molecule has 18 heavy (non-hydrogen) atoms. The molecule has 0 spiro atoms. The summed E-state index contributed by atoms with van der Waals surface area (Å²) < 4.78 is 1.19. The molecular formula is C15H16BrClS. The van der Waals surface area contributed by atoms with E-state index in [-0.39, 0.29) is 0 Å². The summed E-state index contributed by atoms with van der Waals surface area (Å²) in [6, 6.07) is 10.6.